The average molecular weight is 391 g/mol. The fraction of sp³-hybridized carbons (Fsp3) is 0.143. The average Bonchev–Trinajstić information content (AvgIpc) is 3.15. The summed E-state index contributed by atoms with van der Waals surface area (Å²) in [6.07, 6.45) is 0.322. The summed E-state index contributed by atoms with van der Waals surface area (Å²) in [6, 6.07) is 19.0. The molecule has 0 atom stereocenters. The highest BCUT2D eigenvalue weighted by atomic mass is 19.1. The van der Waals surface area contributed by atoms with Gasteiger partial charge in [-0.1, -0.05) is 42.5 Å². The zero-order chi connectivity index (χ0) is 20.1. The number of aromatic nitrogens is 4. The van der Waals surface area contributed by atoms with E-state index in [9.17, 15) is 9.18 Å². The standard InChI is InChI=1S/C21H18FN5O2/c22-17-8-4-7-16(14-17)21-25-24-18-9-10-20(26-27(18)21)29-12-11-23-19(28)13-15-5-2-1-3-6-15/h1-10,14H,11-13H2,(H,23,28). The van der Waals surface area contributed by atoms with Crippen molar-refractivity contribution in [3.63, 3.8) is 0 Å². The number of benzene rings is 2. The van der Waals surface area contributed by atoms with Gasteiger partial charge in [0, 0.05) is 11.6 Å². The Balaban J connectivity index is 1.36. The molecular weight excluding hydrogens is 373 g/mol. The predicted molar refractivity (Wildman–Crippen MR) is 105 cm³/mol. The lowest BCUT2D eigenvalue weighted by molar-refractivity contribution is -0.120. The summed E-state index contributed by atoms with van der Waals surface area (Å²) in [4.78, 5) is 12.0. The fourth-order valence-electron chi connectivity index (χ4n) is 2.85. The van der Waals surface area contributed by atoms with Crippen LogP contribution in [-0.2, 0) is 11.2 Å². The zero-order valence-corrected chi connectivity index (χ0v) is 15.5. The Morgan fingerprint density at radius 2 is 1.90 bits per heavy atom. The zero-order valence-electron chi connectivity index (χ0n) is 15.5. The van der Waals surface area contributed by atoms with Crippen molar-refractivity contribution in [3.8, 4) is 17.3 Å². The summed E-state index contributed by atoms with van der Waals surface area (Å²) in [6.45, 7) is 0.612. The topological polar surface area (TPSA) is 81.4 Å². The number of carbonyl (C=O) groups is 1. The number of fused-ring (bicyclic) bond motifs is 1. The van der Waals surface area contributed by atoms with Crippen LogP contribution in [-0.4, -0.2) is 38.9 Å². The maximum atomic E-state index is 13.5. The molecule has 0 aliphatic heterocycles. The van der Waals surface area contributed by atoms with Gasteiger partial charge < -0.3 is 10.1 Å². The van der Waals surface area contributed by atoms with E-state index in [2.05, 4.69) is 20.6 Å². The largest absolute Gasteiger partial charge is 0.475 e. The number of hydrogen-bond acceptors (Lipinski definition) is 5. The number of halogens is 1. The summed E-state index contributed by atoms with van der Waals surface area (Å²) in [5.74, 6) is 0.335. The van der Waals surface area contributed by atoms with Gasteiger partial charge in [0.2, 0.25) is 11.8 Å². The molecule has 0 aliphatic carbocycles. The van der Waals surface area contributed by atoms with Crippen molar-refractivity contribution in [3.05, 3.63) is 78.1 Å². The summed E-state index contributed by atoms with van der Waals surface area (Å²) in [7, 11) is 0. The first-order valence-electron chi connectivity index (χ1n) is 9.11. The second kappa shape index (κ2) is 8.47. The van der Waals surface area contributed by atoms with Gasteiger partial charge in [-0.05, 0) is 23.8 Å². The summed E-state index contributed by atoms with van der Waals surface area (Å²) in [5.41, 5.74) is 2.04. The molecule has 2 aromatic heterocycles. The van der Waals surface area contributed by atoms with E-state index < -0.39 is 0 Å². The molecule has 2 aromatic carbocycles. The third-order valence-corrected chi connectivity index (χ3v) is 4.20. The van der Waals surface area contributed by atoms with Crippen molar-refractivity contribution in [1.29, 1.82) is 0 Å². The number of hydrogen-bond donors (Lipinski definition) is 1. The molecule has 0 spiro atoms. The summed E-state index contributed by atoms with van der Waals surface area (Å²) < 4.78 is 20.6. The third kappa shape index (κ3) is 4.55. The van der Waals surface area contributed by atoms with E-state index in [-0.39, 0.29) is 18.3 Å². The van der Waals surface area contributed by atoms with E-state index in [1.54, 1.807) is 24.3 Å². The minimum atomic E-state index is -0.363. The highest BCUT2D eigenvalue weighted by Crippen LogP contribution is 2.19. The molecule has 0 unspecified atom stereocenters. The van der Waals surface area contributed by atoms with Crippen LogP contribution < -0.4 is 10.1 Å². The number of rotatable bonds is 7. The normalized spacial score (nSPS) is 10.8. The van der Waals surface area contributed by atoms with Crippen LogP contribution in [0.1, 0.15) is 5.56 Å². The quantitative estimate of drug-likeness (QED) is 0.490. The number of carbonyl (C=O) groups excluding carboxylic acids is 1. The van der Waals surface area contributed by atoms with Crippen LogP contribution in [0.5, 0.6) is 5.88 Å². The lowest BCUT2D eigenvalue weighted by Gasteiger charge is -2.08. The van der Waals surface area contributed by atoms with E-state index in [0.717, 1.165) is 5.56 Å². The molecule has 2 heterocycles. The molecule has 8 heteroatoms. The monoisotopic (exact) mass is 391 g/mol. The van der Waals surface area contributed by atoms with Gasteiger partial charge in [0.1, 0.15) is 12.4 Å². The van der Waals surface area contributed by atoms with Gasteiger partial charge in [0.25, 0.3) is 0 Å². The Morgan fingerprint density at radius 1 is 1.03 bits per heavy atom. The number of ether oxygens (including phenoxy) is 1. The van der Waals surface area contributed by atoms with Crippen LogP contribution in [0.15, 0.2) is 66.7 Å². The van der Waals surface area contributed by atoms with Crippen LogP contribution in [0.25, 0.3) is 17.0 Å². The number of amides is 1. The molecular formula is C21H18FN5O2. The fourth-order valence-corrected chi connectivity index (χ4v) is 2.85. The van der Waals surface area contributed by atoms with Crippen molar-refractivity contribution >= 4 is 11.6 Å². The van der Waals surface area contributed by atoms with Gasteiger partial charge in [-0.2, -0.15) is 4.52 Å². The van der Waals surface area contributed by atoms with Crippen LogP contribution in [0.3, 0.4) is 0 Å². The van der Waals surface area contributed by atoms with E-state index in [4.69, 9.17) is 4.74 Å². The minimum absolute atomic E-state index is 0.0737. The molecule has 0 saturated heterocycles. The second-order valence-electron chi connectivity index (χ2n) is 6.34. The van der Waals surface area contributed by atoms with Crippen molar-refractivity contribution in [2.75, 3.05) is 13.2 Å². The van der Waals surface area contributed by atoms with Crippen molar-refractivity contribution in [1.82, 2.24) is 25.1 Å². The maximum Gasteiger partial charge on any atom is 0.231 e. The Morgan fingerprint density at radius 3 is 2.72 bits per heavy atom. The minimum Gasteiger partial charge on any atom is -0.475 e. The van der Waals surface area contributed by atoms with Gasteiger partial charge in [0.05, 0.1) is 13.0 Å². The first kappa shape index (κ1) is 18.5. The molecule has 0 saturated carbocycles. The van der Waals surface area contributed by atoms with E-state index in [0.29, 0.717) is 35.9 Å². The molecule has 146 valence electrons. The third-order valence-electron chi connectivity index (χ3n) is 4.20. The Labute approximate surface area is 166 Å². The second-order valence-corrected chi connectivity index (χ2v) is 6.34. The maximum absolute atomic E-state index is 13.5. The highest BCUT2D eigenvalue weighted by Gasteiger charge is 2.11. The van der Waals surface area contributed by atoms with Crippen LogP contribution >= 0.6 is 0 Å². The molecule has 4 rings (SSSR count). The van der Waals surface area contributed by atoms with E-state index in [1.165, 1.54) is 16.6 Å². The summed E-state index contributed by atoms with van der Waals surface area (Å²) >= 11 is 0. The van der Waals surface area contributed by atoms with E-state index in [1.807, 2.05) is 30.3 Å². The molecule has 7 nitrogen and oxygen atoms in total. The lowest BCUT2D eigenvalue weighted by Crippen LogP contribution is -2.29. The van der Waals surface area contributed by atoms with Gasteiger partial charge in [-0.3, -0.25) is 4.79 Å². The van der Waals surface area contributed by atoms with Crippen molar-refractivity contribution < 1.29 is 13.9 Å². The molecule has 0 radical (unpaired) electrons. The Kier molecular flexibility index (Phi) is 5.42. The Bertz CT molecular complexity index is 1130. The summed E-state index contributed by atoms with van der Waals surface area (Å²) in [5, 5.41) is 15.3. The Hall–Kier alpha value is -3.81. The van der Waals surface area contributed by atoms with Crippen LogP contribution in [0, 0.1) is 5.82 Å². The van der Waals surface area contributed by atoms with Crippen LogP contribution in [0.4, 0.5) is 4.39 Å². The number of nitrogens with zero attached hydrogens (tertiary/aromatic N) is 4. The molecule has 1 amide bonds. The van der Waals surface area contributed by atoms with E-state index >= 15 is 0 Å². The van der Waals surface area contributed by atoms with Crippen LogP contribution in [0.2, 0.25) is 0 Å². The smallest absolute Gasteiger partial charge is 0.231 e. The lowest BCUT2D eigenvalue weighted by atomic mass is 10.1. The van der Waals surface area contributed by atoms with Crippen molar-refractivity contribution in [2.45, 2.75) is 6.42 Å². The first-order valence-corrected chi connectivity index (χ1v) is 9.11. The predicted octanol–water partition coefficient (Wildman–Crippen LogP) is 2.67. The molecule has 0 aliphatic rings. The first-order chi connectivity index (χ1) is 14.2. The molecule has 4 aromatic rings. The molecule has 0 fully saturated rings. The molecule has 0 bridgehead atoms. The molecule has 1 N–H and O–H groups in total. The van der Waals surface area contributed by atoms with Gasteiger partial charge in [-0.15, -0.1) is 15.3 Å². The highest BCUT2D eigenvalue weighted by molar-refractivity contribution is 5.78. The van der Waals surface area contributed by atoms with Gasteiger partial charge >= 0.3 is 0 Å². The SMILES string of the molecule is O=C(Cc1ccccc1)NCCOc1ccc2nnc(-c3cccc(F)c3)n2n1. The van der Waals surface area contributed by atoms with Crippen molar-refractivity contribution in [2.24, 2.45) is 0 Å². The number of nitrogens with one attached hydrogen (secondary N) is 1. The van der Waals surface area contributed by atoms with Gasteiger partial charge in [-0.25, -0.2) is 4.39 Å². The molecule has 29 heavy (non-hydrogen) atoms. The van der Waals surface area contributed by atoms with Gasteiger partial charge in [0.15, 0.2) is 11.5 Å².